The number of aryl methyl sites for hydroxylation is 1. The van der Waals surface area contributed by atoms with Crippen LogP contribution in [-0.4, -0.2) is 35.8 Å². The van der Waals surface area contributed by atoms with E-state index in [-0.39, 0.29) is 24.3 Å². The number of ether oxygens (including phenoxy) is 1. The lowest BCUT2D eigenvalue weighted by Crippen LogP contribution is -2.28. The van der Waals surface area contributed by atoms with Crippen molar-refractivity contribution < 1.29 is 35.5 Å². The third-order valence-corrected chi connectivity index (χ3v) is 7.41. The molecule has 0 unspecified atom stereocenters. The van der Waals surface area contributed by atoms with Gasteiger partial charge in [-0.25, -0.2) is 30.8 Å². The van der Waals surface area contributed by atoms with Gasteiger partial charge >= 0.3 is 6.09 Å². The molecule has 1 N–H and O–H groups in total. The molecule has 0 aliphatic heterocycles. The highest BCUT2D eigenvalue weighted by Crippen LogP contribution is 2.41. The molecule has 2 heterocycles. The number of benzene rings is 2. The zero-order chi connectivity index (χ0) is 28.3. The number of rotatable bonds is 8. The predicted molar refractivity (Wildman–Crippen MR) is 133 cm³/mol. The summed E-state index contributed by atoms with van der Waals surface area (Å²) in [4.78, 5) is 13.7. The normalized spacial score (nSPS) is 11.4. The Morgan fingerprint density at radius 3 is 2.38 bits per heavy atom. The molecular weight excluding hydrogens is 540 g/mol. The quantitative estimate of drug-likeness (QED) is 0.224. The molecule has 1 amide bonds. The lowest BCUT2D eigenvalue weighted by atomic mass is 10.0. The first-order valence-corrected chi connectivity index (χ1v) is 13.2. The number of carbonyl (C=O) groups excluding carboxylic acids is 1. The van der Waals surface area contributed by atoms with Gasteiger partial charge in [0.05, 0.1) is 5.56 Å². The number of aromatic nitrogens is 3. The SMILES string of the molecule is CCCNC(=O)Oc1cc(S(=O)(=O)c2cc(F)ccc2F)c(F)c(-c2nn(CC)cc2-c2ccncc2)c1F. The Kier molecular flexibility index (Phi) is 8.00. The molecule has 204 valence electrons. The Hall–Kier alpha value is -4.26. The van der Waals surface area contributed by atoms with Crippen molar-refractivity contribution in [1.29, 1.82) is 0 Å². The van der Waals surface area contributed by atoms with E-state index in [2.05, 4.69) is 15.4 Å². The molecule has 0 aliphatic rings. The van der Waals surface area contributed by atoms with Crippen molar-refractivity contribution in [2.45, 2.75) is 36.6 Å². The van der Waals surface area contributed by atoms with Crippen LogP contribution in [-0.2, 0) is 16.4 Å². The molecule has 0 saturated carbocycles. The third kappa shape index (κ3) is 5.48. The fourth-order valence-electron chi connectivity index (χ4n) is 3.74. The van der Waals surface area contributed by atoms with Gasteiger partial charge in [0.15, 0.2) is 17.4 Å². The van der Waals surface area contributed by atoms with Crippen molar-refractivity contribution in [3.63, 3.8) is 0 Å². The molecule has 0 saturated heterocycles. The molecule has 0 spiro atoms. The van der Waals surface area contributed by atoms with Crippen molar-refractivity contribution in [3.05, 3.63) is 78.3 Å². The summed E-state index contributed by atoms with van der Waals surface area (Å²) in [5.41, 5.74) is -0.588. The van der Waals surface area contributed by atoms with Crippen LogP contribution in [0.2, 0.25) is 0 Å². The van der Waals surface area contributed by atoms with E-state index in [1.165, 1.54) is 23.3 Å². The molecule has 39 heavy (non-hydrogen) atoms. The molecule has 8 nitrogen and oxygen atoms in total. The van der Waals surface area contributed by atoms with Gasteiger partial charge in [0.25, 0.3) is 0 Å². The molecular formula is C26H22F4N4O4S. The Balaban J connectivity index is 2.03. The summed E-state index contributed by atoms with van der Waals surface area (Å²) in [6.45, 7) is 3.91. The van der Waals surface area contributed by atoms with Gasteiger partial charge in [0, 0.05) is 43.3 Å². The van der Waals surface area contributed by atoms with Crippen LogP contribution in [0.5, 0.6) is 5.75 Å². The van der Waals surface area contributed by atoms with Gasteiger partial charge in [-0.2, -0.15) is 5.10 Å². The van der Waals surface area contributed by atoms with Gasteiger partial charge in [0.2, 0.25) is 9.84 Å². The summed E-state index contributed by atoms with van der Waals surface area (Å²) in [7, 11) is -5.13. The van der Waals surface area contributed by atoms with E-state index in [0.29, 0.717) is 36.2 Å². The zero-order valence-electron chi connectivity index (χ0n) is 20.7. The highest BCUT2D eigenvalue weighted by atomic mass is 32.2. The van der Waals surface area contributed by atoms with E-state index < -0.39 is 60.3 Å². The minimum atomic E-state index is -5.13. The summed E-state index contributed by atoms with van der Waals surface area (Å²) in [6, 6.07) is 5.14. The first-order valence-electron chi connectivity index (χ1n) is 11.7. The van der Waals surface area contributed by atoms with Crippen LogP contribution < -0.4 is 10.1 Å². The minimum absolute atomic E-state index is 0.154. The molecule has 0 radical (unpaired) electrons. The van der Waals surface area contributed by atoms with Crippen LogP contribution in [0.1, 0.15) is 20.3 Å². The number of carbonyl (C=O) groups is 1. The zero-order valence-corrected chi connectivity index (χ0v) is 21.5. The lowest BCUT2D eigenvalue weighted by molar-refractivity contribution is 0.198. The standard InChI is InChI=1S/C26H22F4N4O4S/c1-3-9-32-26(35)38-19-13-21(39(36,37)20-12-16(27)5-6-18(20)28)24(30)22(23(19)29)25-17(14-34(4-2)33-25)15-7-10-31-11-8-15/h5-8,10-14H,3-4,9H2,1-2H3,(H,32,35). The first kappa shape index (κ1) is 27.8. The van der Waals surface area contributed by atoms with E-state index in [1.54, 1.807) is 26.0 Å². The fourth-order valence-corrected chi connectivity index (χ4v) is 5.17. The molecule has 13 heteroatoms. The van der Waals surface area contributed by atoms with Gasteiger partial charge in [0.1, 0.15) is 27.1 Å². The summed E-state index contributed by atoms with van der Waals surface area (Å²) < 4.78 is 93.5. The number of pyridine rings is 1. The van der Waals surface area contributed by atoms with E-state index in [1.807, 2.05) is 0 Å². The highest BCUT2D eigenvalue weighted by Gasteiger charge is 2.34. The van der Waals surface area contributed by atoms with Crippen LogP contribution in [0.3, 0.4) is 0 Å². The van der Waals surface area contributed by atoms with Crippen LogP contribution in [0.4, 0.5) is 22.4 Å². The van der Waals surface area contributed by atoms with E-state index in [9.17, 15) is 22.0 Å². The highest BCUT2D eigenvalue weighted by molar-refractivity contribution is 7.91. The average Bonchev–Trinajstić information content (AvgIpc) is 3.35. The third-order valence-electron chi connectivity index (χ3n) is 5.64. The summed E-state index contributed by atoms with van der Waals surface area (Å²) in [5, 5.41) is 6.56. The van der Waals surface area contributed by atoms with Gasteiger partial charge in [-0.15, -0.1) is 0 Å². The first-order chi connectivity index (χ1) is 18.6. The van der Waals surface area contributed by atoms with E-state index >= 15 is 8.78 Å². The number of nitrogens with one attached hydrogen (secondary N) is 1. The smallest absolute Gasteiger partial charge is 0.407 e. The maximum Gasteiger partial charge on any atom is 0.412 e. The summed E-state index contributed by atoms with van der Waals surface area (Å²) in [5.74, 6) is -6.47. The molecule has 0 fully saturated rings. The Labute approximate surface area is 221 Å². The van der Waals surface area contributed by atoms with Crippen molar-refractivity contribution in [3.8, 4) is 28.1 Å². The topological polar surface area (TPSA) is 103 Å². The number of halogens is 4. The van der Waals surface area contributed by atoms with E-state index in [4.69, 9.17) is 4.74 Å². The Morgan fingerprint density at radius 2 is 1.72 bits per heavy atom. The number of sulfone groups is 1. The Bertz CT molecular complexity index is 1640. The van der Waals surface area contributed by atoms with Gasteiger partial charge in [-0.3, -0.25) is 9.67 Å². The van der Waals surface area contributed by atoms with Crippen LogP contribution in [0.25, 0.3) is 22.4 Å². The molecule has 4 rings (SSSR count). The maximum absolute atomic E-state index is 16.1. The summed E-state index contributed by atoms with van der Waals surface area (Å²) >= 11 is 0. The molecule has 0 bridgehead atoms. The molecule has 4 aromatic rings. The second kappa shape index (κ2) is 11.2. The van der Waals surface area contributed by atoms with Crippen molar-refractivity contribution in [2.75, 3.05) is 6.54 Å². The van der Waals surface area contributed by atoms with Crippen molar-refractivity contribution >= 4 is 15.9 Å². The van der Waals surface area contributed by atoms with Crippen LogP contribution in [0.15, 0.2) is 64.8 Å². The maximum atomic E-state index is 16.1. The number of hydrogen-bond acceptors (Lipinski definition) is 6. The van der Waals surface area contributed by atoms with E-state index in [0.717, 1.165) is 0 Å². The van der Waals surface area contributed by atoms with Gasteiger partial charge in [-0.1, -0.05) is 6.92 Å². The molecule has 0 atom stereocenters. The number of hydrogen-bond donors (Lipinski definition) is 1. The van der Waals surface area contributed by atoms with Crippen LogP contribution in [0, 0.1) is 23.3 Å². The summed E-state index contributed by atoms with van der Waals surface area (Å²) in [6.07, 6.45) is 3.74. The van der Waals surface area contributed by atoms with Crippen molar-refractivity contribution in [1.82, 2.24) is 20.1 Å². The molecule has 2 aromatic carbocycles. The second-order valence-electron chi connectivity index (χ2n) is 8.25. The predicted octanol–water partition coefficient (Wildman–Crippen LogP) is 5.52. The van der Waals surface area contributed by atoms with Gasteiger partial charge in [-0.05, 0) is 49.2 Å². The number of nitrogens with zero attached hydrogens (tertiary/aromatic N) is 3. The second-order valence-corrected chi connectivity index (χ2v) is 10.1. The minimum Gasteiger partial charge on any atom is -0.407 e. The number of amides is 1. The largest absolute Gasteiger partial charge is 0.412 e. The lowest BCUT2D eigenvalue weighted by Gasteiger charge is -2.15. The van der Waals surface area contributed by atoms with Crippen molar-refractivity contribution in [2.24, 2.45) is 0 Å². The molecule has 2 aromatic heterocycles. The monoisotopic (exact) mass is 562 g/mol. The van der Waals surface area contributed by atoms with Crippen LogP contribution >= 0.6 is 0 Å². The van der Waals surface area contributed by atoms with Gasteiger partial charge < -0.3 is 10.1 Å². The average molecular weight is 563 g/mol. The fraction of sp³-hybridized carbons (Fsp3) is 0.192. The molecule has 0 aliphatic carbocycles. The Morgan fingerprint density at radius 1 is 1.00 bits per heavy atom.